The molecule has 3 aromatic rings. The van der Waals surface area contributed by atoms with E-state index in [1.807, 2.05) is 18.2 Å². The monoisotopic (exact) mass is 535 g/mol. The molecule has 1 atom stereocenters. The minimum absolute atomic E-state index is 0.0866. The van der Waals surface area contributed by atoms with E-state index in [1.165, 1.54) is 0 Å². The maximum Gasteiger partial charge on any atom is 0.343 e. The van der Waals surface area contributed by atoms with E-state index in [4.69, 9.17) is 4.42 Å². The van der Waals surface area contributed by atoms with E-state index in [-0.39, 0.29) is 39.2 Å². The fourth-order valence-electron chi connectivity index (χ4n) is 5.43. The van der Waals surface area contributed by atoms with Crippen molar-refractivity contribution in [1.82, 2.24) is 0 Å². The van der Waals surface area contributed by atoms with Crippen LogP contribution in [0.3, 0.4) is 0 Å². The zero-order chi connectivity index (χ0) is 26.9. The Kier molecular flexibility index (Phi) is 7.43. The summed E-state index contributed by atoms with van der Waals surface area (Å²) in [5.74, 6) is -0.639. The van der Waals surface area contributed by atoms with E-state index in [0.29, 0.717) is 24.1 Å². The number of aryl methyl sites for hydroxylation is 2. The van der Waals surface area contributed by atoms with Crippen LogP contribution in [0.25, 0.3) is 0 Å². The van der Waals surface area contributed by atoms with Crippen molar-refractivity contribution in [2.75, 3.05) is 4.72 Å². The number of carbonyl (C=O) groups excluding carboxylic acids is 1. The van der Waals surface area contributed by atoms with Crippen molar-refractivity contribution in [3.05, 3.63) is 87.0 Å². The van der Waals surface area contributed by atoms with E-state index in [0.717, 1.165) is 50.5 Å². The SMILES string of the molecule is CCCc1ccc(S(=O)(=O)Nc2cccc(C(c3c(O)c4c(oc3=O)CCCCCC4=O)C3CC3)c2)cc1. The van der Waals surface area contributed by atoms with Gasteiger partial charge in [0, 0.05) is 24.4 Å². The summed E-state index contributed by atoms with van der Waals surface area (Å²) < 4.78 is 34.5. The zero-order valence-electron chi connectivity index (χ0n) is 21.5. The Morgan fingerprint density at radius 2 is 1.76 bits per heavy atom. The highest BCUT2D eigenvalue weighted by atomic mass is 32.2. The number of sulfonamides is 1. The summed E-state index contributed by atoms with van der Waals surface area (Å²) >= 11 is 0. The highest BCUT2D eigenvalue weighted by molar-refractivity contribution is 7.92. The summed E-state index contributed by atoms with van der Waals surface area (Å²) in [5, 5.41) is 11.3. The number of hydrogen-bond acceptors (Lipinski definition) is 6. The molecular formula is C30H33NO6S. The third kappa shape index (κ3) is 5.41. The number of rotatable bonds is 8. The van der Waals surface area contributed by atoms with Crippen LogP contribution in [0.1, 0.15) is 90.6 Å². The smallest absolute Gasteiger partial charge is 0.343 e. The molecule has 1 fully saturated rings. The van der Waals surface area contributed by atoms with Crippen molar-refractivity contribution in [3.8, 4) is 5.75 Å². The third-order valence-corrected chi connectivity index (χ3v) is 8.86. The molecule has 8 heteroatoms. The third-order valence-electron chi connectivity index (χ3n) is 7.47. The van der Waals surface area contributed by atoms with E-state index in [2.05, 4.69) is 11.6 Å². The molecule has 1 saturated carbocycles. The number of aromatic hydroxyl groups is 1. The molecule has 1 heterocycles. The lowest BCUT2D eigenvalue weighted by Gasteiger charge is -2.21. The first-order valence-electron chi connectivity index (χ1n) is 13.4. The van der Waals surface area contributed by atoms with Crippen molar-refractivity contribution < 1.29 is 22.7 Å². The van der Waals surface area contributed by atoms with Gasteiger partial charge >= 0.3 is 5.63 Å². The number of nitrogens with one attached hydrogen (secondary N) is 1. The van der Waals surface area contributed by atoms with Gasteiger partial charge in [-0.2, -0.15) is 0 Å². The molecule has 38 heavy (non-hydrogen) atoms. The van der Waals surface area contributed by atoms with E-state index in [9.17, 15) is 23.1 Å². The average Bonchev–Trinajstić information content (AvgIpc) is 3.70. The Balaban J connectivity index is 1.50. The number of hydrogen-bond donors (Lipinski definition) is 2. The first-order valence-corrected chi connectivity index (χ1v) is 14.9. The highest BCUT2D eigenvalue weighted by Gasteiger charge is 2.39. The minimum Gasteiger partial charge on any atom is -0.506 e. The van der Waals surface area contributed by atoms with Gasteiger partial charge in [0.15, 0.2) is 5.78 Å². The Hall–Kier alpha value is -3.39. The normalized spacial score (nSPS) is 16.8. The predicted molar refractivity (Wildman–Crippen MR) is 145 cm³/mol. The van der Waals surface area contributed by atoms with Crippen LogP contribution in [-0.2, 0) is 22.9 Å². The summed E-state index contributed by atoms with van der Waals surface area (Å²) in [6.07, 6.45) is 6.71. The largest absolute Gasteiger partial charge is 0.506 e. The number of ketones is 1. The van der Waals surface area contributed by atoms with Crippen molar-refractivity contribution >= 4 is 21.5 Å². The Morgan fingerprint density at radius 1 is 1.03 bits per heavy atom. The maximum atomic E-state index is 13.2. The summed E-state index contributed by atoms with van der Waals surface area (Å²) in [6, 6.07) is 13.7. The first kappa shape index (κ1) is 26.2. The molecule has 0 radical (unpaired) electrons. The highest BCUT2D eigenvalue weighted by Crippen LogP contribution is 2.49. The quantitative estimate of drug-likeness (QED) is 0.369. The molecule has 0 bridgehead atoms. The molecule has 7 nitrogen and oxygen atoms in total. The van der Waals surface area contributed by atoms with E-state index in [1.54, 1.807) is 30.3 Å². The Labute approximate surface area is 223 Å². The summed E-state index contributed by atoms with van der Waals surface area (Å²) in [5.41, 5.74) is 1.71. The standard InChI is InChI=1S/C30H33NO6S/c1-2-7-19-12-16-23(17-13-19)38(35,36)31-22-9-6-8-21(18-22)26(20-14-15-20)28-29(33)27-24(32)10-4-3-5-11-25(27)37-30(28)34/h6,8-9,12-13,16-18,20,26,31,33H,2-5,7,10-11,14-15H2,1H3. The second kappa shape index (κ2) is 10.8. The van der Waals surface area contributed by atoms with Crippen LogP contribution in [-0.4, -0.2) is 19.3 Å². The van der Waals surface area contributed by atoms with Crippen molar-refractivity contribution in [2.45, 2.75) is 75.5 Å². The van der Waals surface area contributed by atoms with Gasteiger partial charge in [0.1, 0.15) is 11.5 Å². The fourth-order valence-corrected chi connectivity index (χ4v) is 6.48. The van der Waals surface area contributed by atoms with Gasteiger partial charge < -0.3 is 9.52 Å². The molecule has 2 aliphatic carbocycles. The zero-order valence-corrected chi connectivity index (χ0v) is 22.4. The van der Waals surface area contributed by atoms with Crippen molar-refractivity contribution in [3.63, 3.8) is 0 Å². The molecular weight excluding hydrogens is 502 g/mol. The van der Waals surface area contributed by atoms with Gasteiger partial charge in [-0.25, -0.2) is 13.2 Å². The second-order valence-electron chi connectivity index (χ2n) is 10.4. The number of Topliss-reactive ketones (excluding diaryl/α,β-unsaturated/α-hetero) is 1. The molecule has 2 aromatic carbocycles. The number of carbonyl (C=O) groups is 1. The van der Waals surface area contributed by atoms with Crippen LogP contribution < -0.4 is 10.3 Å². The number of anilines is 1. The molecule has 0 aliphatic heterocycles. The van der Waals surface area contributed by atoms with Gasteiger partial charge in [-0.05, 0) is 73.4 Å². The summed E-state index contributed by atoms with van der Waals surface area (Å²) in [4.78, 5) is 26.2. The number of fused-ring (bicyclic) bond motifs is 1. The summed E-state index contributed by atoms with van der Waals surface area (Å²) in [7, 11) is -3.82. The Bertz CT molecular complexity index is 1500. The Morgan fingerprint density at radius 3 is 2.47 bits per heavy atom. The van der Waals surface area contributed by atoms with Crippen LogP contribution in [0.4, 0.5) is 5.69 Å². The molecule has 1 unspecified atom stereocenters. The molecule has 0 amide bonds. The molecule has 1 aromatic heterocycles. The summed E-state index contributed by atoms with van der Waals surface area (Å²) in [6.45, 7) is 2.07. The van der Waals surface area contributed by atoms with Crippen LogP contribution in [0.2, 0.25) is 0 Å². The van der Waals surface area contributed by atoms with Gasteiger partial charge in [0.2, 0.25) is 0 Å². The molecule has 5 rings (SSSR count). The lowest BCUT2D eigenvalue weighted by atomic mass is 9.85. The maximum absolute atomic E-state index is 13.2. The van der Waals surface area contributed by atoms with Gasteiger partial charge in [-0.3, -0.25) is 9.52 Å². The van der Waals surface area contributed by atoms with Crippen LogP contribution in [0.5, 0.6) is 5.75 Å². The van der Waals surface area contributed by atoms with Crippen molar-refractivity contribution in [2.24, 2.45) is 5.92 Å². The second-order valence-corrected chi connectivity index (χ2v) is 12.1. The van der Waals surface area contributed by atoms with Gasteiger partial charge in [0.05, 0.1) is 16.0 Å². The molecule has 2 N–H and O–H groups in total. The van der Waals surface area contributed by atoms with E-state index >= 15 is 0 Å². The minimum atomic E-state index is -3.82. The molecule has 200 valence electrons. The molecule has 2 aliphatic rings. The van der Waals surface area contributed by atoms with Crippen LogP contribution in [0.15, 0.2) is 62.6 Å². The fraction of sp³-hybridized carbons (Fsp3) is 0.400. The molecule has 0 saturated heterocycles. The molecule has 0 spiro atoms. The first-order chi connectivity index (χ1) is 18.3. The topological polar surface area (TPSA) is 114 Å². The number of benzene rings is 2. The van der Waals surface area contributed by atoms with Gasteiger partial charge in [0.25, 0.3) is 10.0 Å². The predicted octanol–water partition coefficient (Wildman–Crippen LogP) is 5.94. The van der Waals surface area contributed by atoms with Gasteiger partial charge in [-0.1, -0.05) is 44.0 Å². The average molecular weight is 536 g/mol. The van der Waals surface area contributed by atoms with Crippen LogP contribution in [0, 0.1) is 5.92 Å². The van der Waals surface area contributed by atoms with E-state index < -0.39 is 21.6 Å². The lowest BCUT2D eigenvalue weighted by molar-refractivity contribution is 0.0968. The van der Waals surface area contributed by atoms with Crippen molar-refractivity contribution in [1.29, 1.82) is 0 Å². The van der Waals surface area contributed by atoms with Gasteiger partial charge in [-0.15, -0.1) is 0 Å². The van der Waals surface area contributed by atoms with Crippen LogP contribution >= 0.6 is 0 Å². The lowest BCUT2D eigenvalue weighted by Crippen LogP contribution is -2.21.